The SMILES string of the molecule is Cc1cccc(CNC(c2ccccc2)C2CC2)c1. The van der Waals surface area contributed by atoms with Crippen LogP contribution >= 0.6 is 0 Å². The van der Waals surface area contributed by atoms with E-state index in [9.17, 15) is 0 Å². The van der Waals surface area contributed by atoms with Gasteiger partial charge in [-0.3, -0.25) is 0 Å². The van der Waals surface area contributed by atoms with E-state index in [1.807, 2.05) is 0 Å². The lowest BCUT2D eigenvalue weighted by molar-refractivity contribution is 0.480. The third kappa shape index (κ3) is 3.24. The van der Waals surface area contributed by atoms with Crippen molar-refractivity contribution in [2.75, 3.05) is 0 Å². The third-order valence-electron chi connectivity index (χ3n) is 3.86. The quantitative estimate of drug-likeness (QED) is 0.838. The summed E-state index contributed by atoms with van der Waals surface area (Å²) in [6.07, 6.45) is 2.72. The Balaban J connectivity index is 1.69. The van der Waals surface area contributed by atoms with E-state index in [-0.39, 0.29) is 0 Å². The van der Waals surface area contributed by atoms with Crippen LogP contribution in [0.3, 0.4) is 0 Å². The molecule has 2 aromatic rings. The van der Waals surface area contributed by atoms with Crippen molar-refractivity contribution < 1.29 is 0 Å². The molecule has 0 spiro atoms. The highest BCUT2D eigenvalue weighted by Crippen LogP contribution is 2.41. The summed E-state index contributed by atoms with van der Waals surface area (Å²) in [6.45, 7) is 3.11. The van der Waals surface area contributed by atoms with Crippen molar-refractivity contribution in [3.63, 3.8) is 0 Å². The molecule has 98 valence electrons. The maximum atomic E-state index is 3.74. The van der Waals surface area contributed by atoms with Gasteiger partial charge in [0.2, 0.25) is 0 Å². The molecule has 0 radical (unpaired) electrons. The van der Waals surface area contributed by atoms with Crippen LogP contribution in [0.2, 0.25) is 0 Å². The molecule has 0 amide bonds. The Morgan fingerprint density at radius 2 is 1.84 bits per heavy atom. The van der Waals surface area contributed by atoms with Crippen LogP contribution in [-0.2, 0) is 6.54 Å². The maximum absolute atomic E-state index is 3.74. The van der Waals surface area contributed by atoms with Crippen LogP contribution in [0.5, 0.6) is 0 Å². The second-order valence-corrected chi connectivity index (χ2v) is 5.60. The lowest BCUT2D eigenvalue weighted by atomic mass is 10.0. The molecule has 1 saturated carbocycles. The van der Waals surface area contributed by atoms with E-state index >= 15 is 0 Å². The fourth-order valence-electron chi connectivity index (χ4n) is 2.70. The summed E-state index contributed by atoms with van der Waals surface area (Å²) in [7, 11) is 0. The number of aryl methyl sites for hydroxylation is 1. The van der Waals surface area contributed by atoms with E-state index in [0.717, 1.165) is 12.5 Å². The topological polar surface area (TPSA) is 12.0 Å². The first-order chi connectivity index (χ1) is 9.33. The summed E-state index contributed by atoms with van der Waals surface area (Å²) in [5, 5.41) is 3.74. The largest absolute Gasteiger partial charge is 0.306 e. The maximum Gasteiger partial charge on any atom is 0.0351 e. The van der Waals surface area contributed by atoms with Gasteiger partial charge in [0.05, 0.1) is 0 Å². The highest BCUT2D eigenvalue weighted by atomic mass is 14.9. The second kappa shape index (κ2) is 5.58. The molecule has 1 aliphatic rings. The molecule has 3 rings (SSSR count). The average molecular weight is 251 g/mol. The Morgan fingerprint density at radius 1 is 1.05 bits per heavy atom. The summed E-state index contributed by atoms with van der Waals surface area (Å²) in [4.78, 5) is 0. The smallest absolute Gasteiger partial charge is 0.0351 e. The monoisotopic (exact) mass is 251 g/mol. The van der Waals surface area contributed by atoms with Crippen molar-refractivity contribution in [3.05, 3.63) is 71.3 Å². The summed E-state index contributed by atoms with van der Waals surface area (Å²) in [5.41, 5.74) is 4.14. The van der Waals surface area contributed by atoms with Gasteiger partial charge in [0, 0.05) is 12.6 Å². The zero-order valence-electron chi connectivity index (χ0n) is 11.5. The van der Waals surface area contributed by atoms with E-state index in [1.165, 1.54) is 29.5 Å². The van der Waals surface area contributed by atoms with Crippen LogP contribution in [0.25, 0.3) is 0 Å². The number of rotatable bonds is 5. The van der Waals surface area contributed by atoms with Gasteiger partial charge in [0.15, 0.2) is 0 Å². The van der Waals surface area contributed by atoms with E-state index in [0.29, 0.717) is 6.04 Å². The van der Waals surface area contributed by atoms with E-state index < -0.39 is 0 Å². The Bertz CT molecular complexity index is 528. The highest BCUT2D eigenvalue weighted by Gasteiger charge is 2.31. The Hall–Kier alpha value is -1.60. The highest BCUT2D eigenvalue weighted by molar-refractivity contribution is 5.24. The standard InChI is InChI=1S/C18H21N/c1-14-6-5-7-15(12-14)13-19-18(17-10-11-17)16-8-3-2-4-9-16/h2-9,12,17-19H,10-11,13H2,1H3. The van der Waals surface area contributed by atoms with Crippen LogP contribution < -0.4 is 5.32 Å². The van der Waals surface area contributed by atoms with Gasteiger partial charge in [-0.2, -0.15) is 0 Å². The first-order valence-electron chi connectivity index (χ1n) is 7.17. The molecule has 0 bridgehead atoms. The minimum Gasteiger partial charge on any atom is -0.306 e. The number of benzene rings is 2. The number of hydrogen-bond acceptors (Lipinski definition) is 1. The first kappa shape index (κ1) is 12.4. The van der Waals surface area contributed by atoms with Gasteiger partial charge < -0.3 is 5.32 Å². The van der Waals surface area contributed by atoms with Gasteiger partial charge in [0.25, 0.3) is 0 Å². The molecule has 19 heavy (non-hydrogen) atoms. The van der Waals surface area contributed by atoms with E-state index in [4.69, 9.17) is 0 Å². The van der Waals surface area contributed by atoms with Crippen LogP contribution in [0.4, 0.5) is 0 Å². The molecule has 1 atom stereocenters. The molecule has 1 nitrogen and oxygen atoms in total. The predicted octanol–water partition coefficient (Wildman–Crippen LogP) is 4.24. The fourth-order valence-corrected chi connectivity index (χ4v) is 2.70. The van der Waals surface area contributed by atoms with Crippen LogP contribution in [0.15, 0.2) is 54.6 Å². The van der Waals surface area contributed by atoms with Gasteiger partial charge in [-0.25, -0.2) is 0 Å². The summed E-state index contributed by atoms with van der Waals surface area (Å²) >= 11 is 0. The van der Waals surface area contributed by atoms with Crippen LogP contribution in [0.1, 0.15) is 35.6 Å². The van der Waals surface area contributed by atoms with Gasteiger partial charge in [0.1, 0.15) is 0 Å². The normalized spacial score (nSPS) is 16.3. The van der Waals surface area contributed by atoms with Gasteiger partial charge in [-0.15, -0.1) is 0 Å². The lowest BCUT2D eigenvalue weighted by Gasteiger charge is -2.19. The van der Waals surface area contributed by atoms with Gasteiger partial charge in [-0.05, 0) is 36.8 Å². The summed E-state index contributed by atoms with van der Waals surface area (Å²) in [5.74, 6) is 0.826. The Morgan fingerprint density at radius 3 is 2.53 bits per heavy atom. The molecule has 0 saturated heterocycles. The minimum atomic E-state index is 0.515. The molecule has 1 fully saturated rings. The second-order valence-electron chi connectivity index (χ2n) is 5.60. The molecule has 1 N–H and O–H groups in total. The van der Waals surface area contributed by atoms with Crippen molar-refractivity contribution in [2.45, 2.75) is 32.4 Å². The van der Waals surface area contributed by atoms with E-state index in [1.54, 1.807) is 0 Å². The fraction of sp³-hybridized carbons (Fsp3) is 0.333. The van der Waals surface area contributed by atoms with Crippen LogP contribution in [-0.4, -0.2) is 0 Å². The van der Waals surface area contributed by atoms with Gasteiger partial charge >= 0.3 is 0 Å². The van der Waals surface area contributed by atoms with Crippen molar-refractivity contribution >= 4 is 0 Å². The molecular formula is C18H21N. The van der Waals surface area contributed by atoms with E-state index in [2.05, 4.69) is 66.8 Å². The summed E-state index contributed by atoms with van der Waals surface area (Å²) in [6, 6.07) is 20.1. The summed E-state index contributed by atoms with van der Waals surface area (Å²) < 4.78 is 0. The van der Waals surface area contributed by atoms with Crippen LogP contribution in [0, 0.1) is 12.8 Å². The molecular weight excluding hydrogens is 230 g/mol. The molecule has 0 aromatic heterocycles. The lowest BCUT2D eigenvalue weighted by Crippen LogP contribution is -2.22. The Labute approximate surface area is 115 Å². The number of nitrogens with one attached hydrogen (secondary N) is 1. The predicted molar refractivity (Wildman–Crippen MR) is 79.9 cm³/mol. The molecule has 2 aromatic carbocycles. The van der Waals surface area contributed by atoms with Crippen molar-refractivity contribution in [2.24, 2.45) is 5.92 Å². The molecule has 0 aliphatic heterocycles. The molecule has 1 heteroatoms. The average Bonchev–Trinajstić information content (AvgIpc) is 3.25. The zero-order valence-corrected chi connectivity index (χ0v) is 11.5. The van der Waals surface area contributed by atoms with Crippen molar-refractivity contribution in [3.8, 4) is 0 Å². The zero-order chi connectivity index (χ0) is 13.1. The van der Waals surface area contributed by atoms with Crippen molar-refractivity contribution in [1.82, 2.24) is 5.32 Å². The molecule has 0 heterocycles. The van der Waals surface area contributed by atoms with Crippen molar-refractivity contribution in [1.29, 1.82) is 0 Å². The molecule has 1 aliphatic carbocycles. The third-order valence-corrected chi connectivity index (χ3v) is 3.86. The first-order valence-corrected chi connectivity index (χ1v) is 7.17. The number of hydrogen-bond donors (Lipinski definition) is 1. The minimum absolute atomic E-state index is 0.515. The van der Waals surface area contributed by atoms with Gasteiger partial charge in [-0.1, -0.05) is 60.2 Å². The Kier molecular flexibility index (Phi) is 3.65. The molecule has 1 unspecified atom stereocenters.